The van der Waals surface area contributed by atoms with Crippen LogP contribution >= 0.6 is 0 Å². The van der Waals surface area contributed by atoms with Gasteiger partial charge in [-0.1, -0.05) is 55.0 Å². The Morgan fingerprint density at radius 3 is 2.16 bits per heavy atom. The average molecular weight is 422 g/mol. The van der Waals surface area contributed by atoms with Crippen LogP contribution in [0.5, 0.6) is 0 Å². The van der Waals surface area contributed by atoms with Gasteiger partial charge in [0, 0.05) is 18.9 Å². The molecule has 2 amide bonds. The number of unbranched alkanes of at least 4 members (excludes halogenated alkanes) is 2. The summed E-state index contributed by atoms with van der Waals surface area (Å²) in [6.45, 7) is 0.614. The van der Waals surface area contributed by atoms with Crippen LogP contribution in [-0.2, 0) is 19.1 Å². The van der Waals surface area contributed by atoms with E-state index in [1.54, 1.807) is 0 Å². The predicted octanol–water partition coefficient (Wildman–Crippen LogP) is 2.97. The molecule has 7 heteroatoms. The summed E-state index contributed by atoms with van der Waals surface area (Å²) < 4.78 is 5.48. The SMILES string of the molecule is O=CC(=O)NCC(=O)CCCCCNC(=O)OCC1c2ccccc2-c2ccccc21. The van der Waals surface area contributed by atoms with Crippen LogP contribution in [0.1, 0.15) is 42.7 Å². The first-order valence-corrected chi connectivity index (χ1v) is 10.4. The lowest BCUT2D eigenvalue weighted by Crippen LogP contribution is -2.30. The maximum absolute atomic E-state index is 12.1. The van der Waals surface area contributed by atoms with Crippen molar-refractivity contribution in [1.29, 1.82) is 0 Å². The summed E-state index contributed by atoms with van der Waals surface area (Å²) >= 11 is 0. The van der Waals surface area contributed by atoms with Crippen molar-refractivity contribution in [3.05, 3.63) is 59.7 Å². The largest absolute Gasteiger partial charge is 0.449 e. The molecule has 2 aromatic rings. The molecule has 2 N–H and O–H groups in total. The number of carbonyl (C=O) groups excluding carboxylic acids is 4. The molecule has 2 aromatic carbocycles. The van der Waals surface area contributed by atoms with Gasteiger partial charge in [-0.2, -0.15) is 0 Å². The van der Waals surface area contributed by atoms with E-state index in [1.807, 2.05) is 24.3 Å². The monoisotopic (exact) mass is 422 g/mol. The number of fused-ring (bicyclic) bond motifs is 3. The third-order valence-electron chi connectivity index (χ3n) is 5.31. The van der Waals surface area contributed by atoms with Gasteiger partial charge >= 0.3 is 6.09 Å². The summed E-state index contributed by atoms with van der Waals surface area (Å²) in [5.41, 5.74) is 4.72. The molecule has 0 heterocycles. The van der Waals surface area contributed by atoms with Crippen LogP contribution in [0, 0.1) is 0 Å². The fourth-order valence-electron chi connectivity index (χ4n) is 3.78. The second-order valence-electron chi connectivity index (χ2n) is 7.44. The number of hydrogen-bond donors (Lipinski definition) is 2. The highest BCUT2D eigenvalue weighted by Crippen LogP contribution is 2.44. The van der Waals surface area contributed by atoms with Crippen LogP contribution in [0.4, 0.5) is 4.79 Å². The summed E-state index contributed by atoms with van der Waals surface area (Å²) in [6.07, 6.45) is 2.15. The lowest BCUT2D eigenvalue weighted by atomic mass is 9.98. The smallest absolute Gasteiger partial charge is 0.407 e. The normalized spacial score (nSPS) is 11.9. The minimum atomic E-state index is -0.791. The molecule has 1 aliphatic carbocycles. The van der Waals surface area contributed by atoms with Gasteiger partial charge in [0.1, 0.15) is 6.61 Å². The topological polar surface area (TPSA) is 102 Å². The van der Waals surface area contributed by atoms with Crippen LogP contribution in [-0.4, -0.2) is 43.8 Å². The first-order valence-electron chi connectivity index (χ1n) is 10.4. The van der Waals surface area contributed by atoms with Crippen LogP contribution in [0.2, 0.25) is 0 Å². The van der Waals surface area contributed by atoms with Crippen molar-refractivity contribution < 1.29 is 23.9 Å². The highest BCUT2D eigenvalue weighted by Gasteiger charge is 2.28. The summed E-state index contributed by atoms with van der Waals surface area (Å²) in [7, 11) is 0. The summed E-state index contributed by atoms with van der Waals surface area (Å²) in [5.74, 6) is -0.885. The number of benzene rings is 2. The molecule has 0 saturated carbocycles. The van der Waals surface area contributed by atoms with Gasteiger partial charge in [-0.3, -0.25) is 14.4 Å². The number of carbonyl (C=O) groups is 4. The first-order chi connectivity index (χ1) is 15.1. The van der Waals surface area contributed by atoms with Gasteiger partial charge in [0.2, 0.25) is 6.29 Å². The van der Waals surface area contributed by atoms with E-state index in [-0.39, 0.29) is 31.1 Å². The summed E-state index contributed by atoms with van der Waals surface area (Å²) in [6, 6.07) is 16.4. The Hall–Kier alpha value is -3.48. The van der Waals surface area contributed by atoms with Crippen LogP contribution in [0.3, 0.4) is 0 Å². The minimum Gasteiger partial charge on any atom is -0.449 e. The van der Waals surface area contributed by atoms with Crippen LogP contribution < -0.4 is 10.6 Å². The molecule has 162 valence electrons. The molecule has 1 aliphatic rings. The minimum absolute atomic E-state index is 0.0314. The van der Waals surface area contributed by atoms with Gasteiger partial charge in [-0.05, 0) is 35.1 Å². The molecule has 0 saturated heterocycles. The number of hydrogen-bond acceptors (Lipinski definition) is 5. The van der Waals surface area contributed by atoms with Crippen molar-refractivity contribution >= 4 is 24.1 Å². The third-order valence-corrected chi connectivity index (χ3v) is 5.31. The molecular weight excluding hydrogens is 396 g/mol. The molecule has 7 nitrogen and oxygen atoms in total. The zero-order valence-corrected chi connectivity index (χ0v) is 17.3. The third kappa shape index (κ3) is 6.01. The fraction of sp³-hybridized carbons (Fsp3) is 0.333. The number of nitrogens with one attached hydrogen (secondary N) is 2. The Balaban J connectivity index is 1.34. The lowest BCUT2D eigenvalue weighted by Gasteiger charge is -2.14. The van der Waals surface area contributed by atoms with Crippen LogP contribution in [0.25, 0.3) is 11.1 Å². The molecule has 0 aromatic heterocycles. The Bertz CT molecular complexity index is 911. The van der Waals surface area contributed by atoms with Gasteiger partial charge < -0.3 is 15.4 Å². The van der Waals surface area contributed by atoms with Gasteiger partial charge in [0.15, 0.2) is 5.78 Å². The average Bonchev–Trinajstić information content (AvgIpc) is 3.12. The van der Waals surface area contributed by atoms with E-state index in [0.717, 1.165) is 12.8 Å². The predicted molar refractivity (Wildman–Crippen MR) is 116 cm³/mol. The quantitative estimate of drug-likeness (QED) is 0.329. The molecular formula is C24H26N2O5. The maximum Gasteiger partial charge on any atom is 0.407 e. The van der Waals surface area contributed by atoms with Crippen LogP contribution in [0.15, 0.2) is 48.5 Å². The molecule has 0 spiro atoms. The number of Topliss-reactive ketones (excluding diaryl/α,β-unsaturated/α-hetero) is 1. The summed E-state index contributed by atoms with van der Waals surface area (Å²) in [5, 5.41) is 4.97. The standard InChI is InChI=1S/C24H26N2O5/c27-15-23(29)26-14-17(28)8-2-1-7-13-25-24(30)31-16-22-20-11-5-3-9-18(20)19-10-4-6-12-21(19)22/h3-6,9-12,15,22H,1-2,7-8,13-14,16H2,(H,25,30)(H,26,29). The van der Waals surface area contributed by atoms with E-state index in [2.05, 4.69) is 34.9 Å². The zero-order valence-electron chi connectivity index (χ0n) is 17.3. The molecule has 31 heavy (non-hydrogen) atoms. The number of amides is 2. The molecule has 0 unspecified atom stereocenters. The Morgan fingerprint density at radius 1 is 0.871 bits per heavy atom. The summed E-state index contributed by atoms with van der Waals surface area (Å²) in [4.78, 5) is 44.6. The van der Waals surface area contributed by atoms with E-state index in [9.17, 15) is 19.2 Å². The van der Waals surface area contributed by atoms with E-state index in [0.29, 0.717) is 19.4 Å². The molecule has 0 atom stereocenters. The van der Waals surface area contributed by atoms with E-state index in [4.69, 9.17) is 4.74 Å². The lowest BCUT2D eigenvalue weighted by molar-refractivity contribution is -0.132. The Kier molecular flexibility index (Phi) is 7.92. The van der Waals surface area contributed by atoms with Gasteiger partial charge in [0.25, 0.3) is 5.91 Å². The highest BCUT2D eigenvalue weighted by molar-refractivity contribution is 6.24. The number of aldehydes is 1. The van der Waals surface area contributed by atoms with Crippen molar-refractivity contribution in [2.24, 2.45) is 0 Å². The van der Waals surface area contributed by atoms with Crippen molar-refractivity contribution in [2.45, 2.75) is 31.6 Å². The number of ether oxygens (including phenoxy) is 1. The maximum atomic E-state index is 12.1. The van der Waals surface area contributed by atoms with Crippen molar-refractivity contribution in [1.82, 2.24) is 10.6 Å². The van der Waals surface area contributed by atoms with Crippen molar-refractivity contribution in [2.75, 3.05) is 19.7 Å². The number of rotatable bonds is 11. The van der Waals surface area contributed by atoms with Crippen molar-refractivity contribution in [3.63, 3.8) is 0 Å². The molecule has 0 aliphatic heterocycles. The zero-order chi connectivity index (χ0) is 22.1. The van der Waals surface area contributed by atoms with Gasteiger partial charge in [-0.25, -0.2) is 4.79 Å². The second kappa shape index (κ2) is 11.1. The Labute approximate surface area is 181 Å². The van der Waals surface area contributed by atoms with E-state index >= 15 is 0 Å². The molecule has 0 radical (unpaired) electrons. The van der Waals surface area contributed by atoms with E-state index < -0.39 is 12.0 Å². The Morgan fingerprint density at radius 2 is 1.52 bits per heavy atom. The highest BCUT2D eigenvalue weighted by atomic mass is 16.5. The van der Waals surface area contributed by atoms with Crippen molar-refractivity contribution in [3.8, 4) is 11.1 Å². The fourth-order valence-corrected chi connectivity index (χ4v) is 3.78. The molecule has 3 rings (SSSR count). The number of ketones is 1. The molecule has 0 bridgehead atoms. The van der Waals surface area contributed by atoms with Gasteiger partial charge in [-0.15, -0.1) is 0 Å². The number of alkyl carbamates (subject to hydrolysis) is 1. The first kappa shape index (κ1) is 22.2. The van der Waals surface area contributed by atoms with E-state index in [1.165, 1.54) is 22.3 Å². The molecule has 0 fully saturated rings. The second-order valence-corrected chi connectivity index (χ2v) is 7.44. The van der Waals surface area contributed by atoms with Gasteiger partial charge in [0.05, 0.1) is 6.54 Å².